The molecule has 2 unspecified atom stereocenters. The monoisotopic (exact) mass is 392 g/mol. The van der Waals surface area contributed by atoms with Crippen molar-refractivity contribution in [2.75, 3.05) is 13.2 Å². The van der Waals surface area contributed by atoms with Gasteiger partial charge in [0.15, 0.2) is 0 Å². The fraction of sp³-hybridized carbons (Fsp3) is 0.353. The minimum Gasteiger partial charge on any atom is -0.464 e. The average molecular weight is 393 g/mol. The highest BCUT2D eigenvalue weighted by Gasteiger charge is 2.50. The van der Waals surface area contributed by atoms with E-state index in [-0.39, 0.29) is 18.8 Å². The van der Waals surface area contributed by atoms with Crippen LogP contribution in [0.5, 0.6) is 0 Å². The summed E-state index contributed by atoms with van der Waals surface area (Å²) in [5.41, 5.74) is 0.237. The predicted molar refractivity (Wildman–Crippen MR) is 91.0 cm³/mol. The summed E-state index contributed by atoms with van der Waals surface area (Å²) in [5, 5.41) is 17.1. The molecule has 0 saturated heterocycles. The molecule has 0 aliphatic heterocycles. The van der Waals surface area contributed by atoms with E-state index >= 15 is 0 Å². The lowest BCUT2D eigenvalue weighted by Crippen LogP contribution is -2.41. The maximum Gasteiger partial charge on any atom is 0.344 e. The first-order chi connectivity index (χ1) is 11.5. The SMILES string of the molecule is CCOC(=O)C(=C=N)C(c1ccccc1)C(Br)(C#N)C(=O)OCC. The second-order valence-electron chi connectivity index (χ2n) is 4.65. The van der Waals surface area contributed by atoms with Crippen molar-refractivity contribution in [3.8, 4) is 6.07 Å². The summed E-state index contributed by atoms with van der Waals surface area (Å²) < 4.78 is 8.02. The number of halogens is 1. The highest BCUT2D eigenvalue weighted by molar-refractivity contribution is 9.10. The molecule has 0 heterocycles. The van der Waals surface area contributed by atoms with Crippen LogP contribution in [0.25, 0.3) is 0 Å². The average Bonchev–Trinajstić information content (AvgIpc) is 2.60. The van der Waals surface area contributed by atoms with Crippen LogP contribution in [0.2, 0.25) is 0 Å². The van der Waals surface area contributed by atoms with Gasteiger partial charge in [0.2, 0.25) is 4.32 Å². The first kappa shape index (κ1) is 19.6. The number of nitriles is 1. The molecule has 0 aliphatic rings. The zero-order valence-corrected chi connectivity index (χ0v) is 14.9. The Bertz CT molecular complexity index is 692. The van der Waals surface area contributed by atoms with Crippen LogP contribution in [-0.2, 0) is 19.1 Å². The van der Waals surface area contributed by atoms with Crippen molar-refractivity contribution in [3.05, 3.63) is 41.5 Å². The van der Waals surface area contributed by atoms with E-state index in [1.54, 1.807) is 44.2 Å². The van der Waals surface area contributed by atoms with E-state index in [9.17, 15) is 14.9 Å². The molecule has 0 bridgehead atoms. The Morgan fingerprint density at radius 1 is 1.25 bits per heavy atom. The lowest BCUT2D eigenvalue weighted by atomic mass is 9.81. The van der Waals surface area contributed by atoms with Gasteiger partial charge in [-0.05, 0) is 25.3 Å². The highest BCUT2D eigenvalue weighted by Crippen LogP contribution is 2.41. The molecule has 7 heteroatoms. The summed E-state index contributed by atoms with van der Waals surface area (Å²) in [5.74, 6) is -0.750. The van der Waals surface area contributed by atoms with Gasteiger partial charge >= 0.3 is 11.9 Å². The summed E-state index contributed by atoms with van der Waals surface area (Å²) in [6.07, 6.45) is 0. The van der Waals surface area contributed by atoms with Crippen molar-refractivity contribution in [3.63, 3.8) is 0 Å². The molecule has 0 saturated carbocycles. The van der Waals surface area contributed by atoms with Gasteiger partial charge in [0.25, 0.3) is 0 Å². The van der Waals surface area contributed by atoms with Crippen LogP contribution in [0.4, 0.5) is 0 Å². The molecule has 0 fully saturated rings. The number of benzene rings is 1. The summed E-state index contributed by atoms with van der Waals surface area (Å²) in [7, 11) is 0. The molecule has 1 aromatic rings. The second-order valence-corrected chi connectivity index (χ2v) is 5.90. The van der Waals surface area contributed by atoms with Gasteiger partial charge in [0, 0.05) is 0 Å². The molecule has 0 radical (unpaired) electrons. The third kappa shape index (κ3) is 4.10. The summed E-state index contributed by atoms with van der Waals surface area (Å²) >= 11 is 3.13. The van der Waals surface area contributed by atoms with Crippen molar-refractivity contribution in [2.45, 2.75) is 24.1 Å². The van der Waals surface area contributed by atoms with Gasteiger partial charge in [-0.15, -0.1) is 0 Å². The normalized spacial score (nSPS) is 13.6. The molecular weight excluding hydrogens is 376 g/mol. The van der Waals surface area contributed by atoms with Gasteiger partial charge in [-0.1, -0.05) is 46.3 Å². The van der Waals surface area contributed by atoms with Crippen LogP contribution in [0.15, 0.2) is 35.9 Å². The number of alkyl halides is 1. The van der Waals surface area contributed by atoms with E-state index in [4.69, 9.17) is 14.9 Å². The molecule has 126 valence electrons. The predicted octanol–water partition coefficient (Wildman–Crippen LogP) is 2.73. The molecule has 6 nitrogen and oxygen atoms in total. The molecule has 0 aliphatic carbocycles. The quantitative estimate of drug-likeness (QED) is 0.332. The molecule has 0 spiro atoms. The van der Waals surface area contributed by atoms with Crippen LogP contribution >= 0.6 is 15.9 Å². The van der Waals surface area contributed by atoms with E-state index in [1.807, 2.05) is 11.9 Å². The van der Waals surface area contributed by atoms with Crippen LogP contribution < -0.4 is 0 Å². The van der Waals surface area contributed by atoms with Crippen molar-refractivity contribution < 1.29 is 19.1 Å². The number of carbonyl (C=O) groups excluding carboxylic acids is 2. The van der Waals surface area contributed by atoms with Crippen molar-refractivity contribution >= 4 is 33.7 Å². The number of nitrogens with one attached hydrogen (secondary N) is 1. The number of esters is 2. The standard InChI is InChI=1S/C17H17BrN2O4/c1-3-23-15(21)13(10-19)14(12-8-6-5-7-9-12)17(18,11-20)16(22)24-4-2/h5-9,14,19H,3-4H2,1-2H3. The number of hydrogen-bond acceptors (Lipinski definition) is 6. The second kappa shape index (κ2) is 9.02. The lowest BCUT2D eigenvalue weighted by molar-refractivity contribution is -0.144. The van der Waals surface area contributed by atoms with Crippen LogP contribution in [0.3, 0.4) is 0 Å². The minimum absolute atomic E-state index is 0.0679. The maximum atomic E-state index is 12.4. The Morgan fingerprint density at radius 2 is 1.83 bits per heavy atom. The fourth-order valence-electron chi connectivity index (χ4n) is 2.15. The minimum atomic E-state index is -1.89. The maximum absolute atomic E-state index is 12.4. The van der Waals surface area contributed by atoms with Crippen LogP contribution in [0, 0.1) is 16.7 Å². The van der Waals surface area contributed by atoms with Gasteiger partial charge in [0.05, 0.1) is 25.2 Å². The largest absolute Gasteiger partial charge is 0.464 e. The molecule has 0 aromatic heterocycles. The van der Waals surface area contributed by atoms with Crippen molar-refractivity contribution in [1.29, 1.82) is 10.7 Å². The van der Waals surface area contributed by atoms with E-state index in [1.165, 1.54) is 0 Å². The summed E-state index contributed by atoms with van der Waals surface area (Å²) in [6, 6.07) is 10.3. The highest BCUT2D eigenvalue weighted by atomic mass is 79.9. The third-order valence-corrected chi connectivity index (χ3v) is 4.14. The zero-order chi connectivity index (χ0) is 18.2. The van der Waals surface area contributed by atoms with E-state index < -0.39 is 22.2 Å². The molecule has 1 aromatic carbocycles. The van der Waals surface area contributed by atoms with Crippen LogP contribution in [0.1, 0.15) is 25.3 Å². The topological polar surface area (TPSA) is 100 Å². The van der Waals surface area contributed by atoms with Crippen molar-refractivity contribution in [2.24, 2.45) is 0 Å². The molecule has 2 atom stereocenters. The van der Waals surface area contributed by atoms with Crippen LogP contribution in [-0.4, -0.2) is 35.3 Å². The molecule has 24 heavy (non-hydrogen) atoms. The van der Waals surface area contributed by atoms with E-state index in [0.717, 1.165) is 0 Å². The Hall–Kier alpha value is -2.42. The third-order valence-electron chi connectivity index (χ3n) is 3.18. The number of hydrogen-bond donors (Lipinski definition) is 1. The number of ether oxygens (including phenoxy) is 2. The zero-order valence-electron chi connectivity index (χ0n) is 13.3. The Labute approximate surface area is 148 Å². The van der Waals surface area contributed by atoms with Gasteiger partial charge in [0.1, 0.15) is 5.57 Å². The number of rotatable bonds is 7. The fourth-order valence-corrected chi connectivity index (χ4v) is 2.76. The first-order valence-corrected chi connectivity index (χ1v) is 8.04. The van der Waals surface area contributed by atoms with Gasteiger partial charge < -0.3 is 9.47 Å². The first-order valence-electron chi connectivity index (χ1n) is 7.25. The van der Waals surface area contributed by atoms with Gasteiger partial charge in [-0.2, -0.15) is 5.26 Å². The molecular formula is C17H17BrN2O4. The lowest BCUT2D eigenvalue weighted by Gasteiger charge is -2.28. The molecule has 1 N–H and O–H groups in total. The number of nitrogens with zero attached hydrogens (tertiary/aromatic N) is 1. The van der Waals surface area contributed by atoms with E-state index in [0.29, 0.717) is 5.56 Å². The van der Waals surface area contributed by atoms with Crippen molar-refractivity contribution in [1.82, 2.24) is 0 Å². The van der Waals surface area contributed by atoms with Gasteiger partial charge in [-0.3, -0.25) is 5.41 Å². The molecule has 1 rings (SSSR count). The number of carbonyl (C=O) groups is 2. The smallest absolute Gasteiger partial charge is 0.344 e. The van der Waals surface area contributed by atoms with E-state index in [2.05, 4.69) is 15.9 Å². The molecule has 0 amide bonds. The Morgan fingerprint density at radius 3 is 2.29 bits per heavy atom. The summed E-state index contributed by atoms with van der Waals surface area (Å²) in [6.45, 7) is 3.39. The Balaban J connectivity index is 3.55. The Kier molecular flexibility index (Phi) is 7.37. The van der Waals surface area contributed by atoms with Gasteiger partial charge in [-0.25, -0.2) is 9.59 Å². The summed E-state index contributed by atoms with van der Waals surface area (Å²) in [4.78, 5) is 24.6.